The fraction of sp³-hybridized carbons (Fsp3) is 0.333. The van der Waals surface area contributed by atoms with Gasteiger partial charge in [-0.3, -0.25) is 4.90 Å². The molecule has 0 fully saturated rings. The summed E-state index contributed by atoms with van der Waals surface area (Å²) in [7, 11) is 1.98. The molecule has 3 nitrogen and oxygen atoms in total. The van der Waals surface area contributed by atoms with E-state index in [0.29, 0.717) is 12.5 Å². The van der Waals surface area contributed by atoms with E-state index in [0.717, 1.165) is 17.9 Å². The standard InChI is InChI=1S/C9H11NO2/c1-10-5-7-4-8(11)2-3-9(7)12-6-10/h2-4,11H,5-6H2,1H3. The summed E-state index contributed by atoms with van der Waals surface area (Å²) in [5.74, 6) is 1.18. The molecule has 0 saturated carbocycles. The third-order valence-corrected chi connectivity index (χ3v) is 1.92. The van der Waals surface area contributed by atoms with Gasteiger partial charge in [0.2, 0.25) is 0 Å². The van der Waals surface area contributed by atoms with Crippen LogP contribution in [0.5, 0.6) is 11.5 Å². The van der Waals surface area contributed by atoms with Crippen LogP contribution >= 0.6 is 0 Å². The first-order valence-electron chi connectivity index (χ1n) is 3.89. The summed E-state index contributed by atoms with van der Waals surface area (Å²) in [6.07, 6.45) is 0. The fourth-order valence-corrected chi connectivity index (χ4v) is 1.35. The molecule has 0 spiro atoms. The van der Waals surface area contributed by atoms with Gasteiger partial charge >= 0.3 is 0 Å². The second kappa shape index (κ2) is 2.68. The van der Waals surface area contributed by atoms with Crippen LogP contribution in [-0.4, -0.2) is 23.8 Å². The Hall–Kier alpha value is -1.22. The van der Waals surface area contributed by atoms with E-state index in [-0.39, 0.29) is 0 Å². The smallest absolute Gasteiger partial charge is 0.142 e. The van der Waals surface area contributed by atoms with E-state index in [2.05, 4.69) is 0 Å². The van der Waals surface area contributed by atoms with Crippen molar-refractivity contribution in [1.29, 1.82) is 0 Å². The molecule has 1 aromatic carbocycles. The third-order valence-electron chi connectivity index (χ3n) is 1.92. The van der Waals surface area contributed by atoms with E-state index < -0.39 is 0 Å². The van der Waals surface area contributed by atoms with E-state index in [9.17, 15) is 5.11 Å². The molecule has 2 rings (SSSR count). The van der Waals surface area contributed by atoms with Gasteiger partial charge in [-0.1, -0.05) is 0 Å². The number of hydrogen-bond donors (Lipinski definition) is 1. The summed E-state index contributed by atoms with van der Waals surface area (Å²) in [5, 5.41) is 9.20. The second-order valence-electron chi connectivity index (χ2n) is 3.08. The van der Waals surface area contributed by atoms with Crippen LogP contribution < -0.4 is 4.74 Å². The lowest BCUT2D eigenvalue weighted by atomic mass is 10.1. The molecule has 0 radical (unpaired) electrons. The van der Waals surface area contributed by atoms with Crippen LogP contribution in [-0.2, 0) is 6.54 Å². The summed E-state index contributed by atoms with van der Waals surface area (Å²) < 4.78 is 5.41. The van der Waals surface area contributed by atoms with Gasteiger partial charge < -0.3 is 9.84 Å². The molecule has 0 aromatic heterocycles. The molecule has 0 amide bonds. The second-order valence-corrected chi connectivity index (χ2v) is 3.08. The van der Waals surface area contributed by atoms with Crippen molar-refractivity contribution in [1.82, 2.24) is 4.90 Å². The molecule has 0 saturated heterocycles. The summed E-state index contributed by atoms with van der Waals surface area (Å²) in [6.45, 7) is 1.46. The Labute approximate surface area is 71.2 Å². The van der Waals surface area contributed by atoms with Crippen molar-refractivity contribution in [2.75, 3.05) is 13.8 Å². The van der Waals surface area contributed by atoms with Crippen LogP contribution in [0.25, 0.3) is 0 Å². The minimum atomic E-state index is 0.299. The number of benzene rings is 1. The highest BCUT2D eigenvalue weighted by atomic mass is 16.5. The van der Waals surface area contributed by atoms with E-state index in [1.165, 1.54) is 0 Å². The van der Waals surface area contributed by atoms with Gasteiger partial charge in [-0.05, 0) is 25.2 Å². The van der Waals surface area contributed by atoms with Crippen molar-refractivity contribution >= 4 is 0 Å². The lowest BCUT2D eigenvalue weighted by Gasteiger charge is -2.25. The highest BCUT2D eigenvalue weighted by Gasteiger charge is 2.13. The number of ether oxygens (including phenoxy) is 1. The van der Waals surface area contributed by atoms with Crippen LogP contribution in [0, 0.1) is 0 Å². The lowest BCUT2D eigenvalue weighted by Crippen LogP contribution is -2.27. The molecule has 3 heteroatoms. The molecule has 1 N–H and O–H groups in total. The molecule has 64 valence electrons. The Kier molecular flexibility index (Phi) is 1.66. The highest BCUT2D eigenvalue weighted by Crippen LogP contribution is 2.27. The van der Waals surface area contributed by atoms with Crippen molar-refractivity contribution in [3.63, 3.8) is 0 Å². The summed E-state index contributed by atoms with van der Waals surface area (Å²) in [5.41, 5.74) is 1.05. The maximum Gasteiger partial charge on any atom is 0.142 e. The minimum absolute atomic E-state index is 0.299. The first-order chi connectivity index (χ1) is 5.75. The number of hydrogen-bond acceptors (Lipinski definition) is 3. The molecule has 0 bridgehead atoms. The van der Waals surface area contributed by atoms with Crippen LogP contribution in [0.15, 0.2) is 18.2 Å². The zero-order chi connectivity index (χ0) is 8.55. The van der Waals surface area contributed by atoms with E-state index in [1.54, 1.807) is 18.2 Å². The monoisotopic (exact) mass is 165 g/mol. The van der Waals surface area contributed by atoms with Gasteiger partial charge in [0.25, 0.3) is 0 Å². The van der Waals surface area contributed by atoms with Crippen molar-refractivity contribution in [3.8, 4) is 11.5 Å². The Balaban J connectivity index is 2.37. The van der Waals surface area contributed by atoms with E-state index in [4.69, 9.17) is 4.74 Å². The van der Waals surface area contributed by atoms with Gasteiger partial charge in [0, 0.05) is 12.1 Å². The predicted octanol–water partition coefficient (Wildman–Crippen LogP) is 1.17. The van der Waals surface area contributed by atoms with Crippen molar-refractivity contribution in [3.05, 3.63) is 23.8 Å². The molecule has 12 heavy (non-hydrogen) atoms. The average molecular weight is 165 g/mol. The number of aromatic hydroxyl groups is 1. The number of fused-ring (bicyclic) bond motifs is 1. The van der Waals surface area contributed by atoms with E-state index in [1.807, 2.05) is 11.9 Å². The van der Waals surface area contributed by atoms with Gasteiger partial charge in [0.1, 0.15) is 18.2 Å². The minimum Gasteiger partial charge on any atom is -0.508 e. The molecule has 0 atom stereocenters. The number of phenols is 1. The zero-order valence-corrected chi connectivity index (χ0v) is 6.95. The zero-order valence-electron chi connectivity index (χ0n) is 6.95. The first-order valence-corrected chi connectivity index (χ1v) is 3.89. The normalized spacial score (nSPS) is 16.8. The molecule has 0 aliphatic carbocycles. The van der Waals surface area contributed by atoms with Gasteiger partial charge in [-0.25, -0.2) is 0 Å². The summed E-state index contributed by atoms with van der Waals surface area (Å²) in [4.78, 5) is 2.04. The number of phenolic OH excluding ortho intramolecular Hbond substituents is 1. The SMILES string of the molecule is CN1COc2ccc(O)cc2C1. The average Bonchev–Trinajstić information content (AvgIpc) is 2.03. The van der Waals surface area contributed by atoms with Gasteiger partial charge in [-0.15, -0.1) is 0 Å². The Morgan fingerprint density at radius 2 is 2.33 bits per heavy atom. The molecule has 1 heterocycles. The molecular weight excluding hydrogens is 154 g/mol. The lowest BCUT2D eigenvalue weighted by molar-refractivity contribution is 0.121. The van der Waals surface area contributed by atoms with Gasteiger partial charge in [0.05, 0.1) is 0 Å². The van der Waals surface area contributed by atoms with Crippen LogP contribution in [0.4, 0.5) is 0 Å². The van der Waals surface area contributed by atoms with Crippen LogP contribution in [0.1, 0.15) is 5.56 Å². The van der Waals surface area contributed by atoms with E-state index >= 15 is 0 Å². The Morgan fingerprint density at radius 3 is 3.17 bits per heavy atom. The van der Waals surface area contributed by atoms with Crippen molar-refractivity contribution in [2.45, 2.75) is 6.54 Å². The molecule has 1 aliphatic rings. The molecular formula is C9H11NO2. The first kappa shape index (κ1) is 7.43. The Bertz CT molecular complexity index is 299. The summed E-state index contributed by atoms with van der Waals surface area (Å²) >= 11 is 0. The Morgan fingerprint density at radius 1 is 1.50 bits per heavy atom. The quantitative estimate of drug-likeness (QED) is 0.626. The molecule has 0 unspecified atom stereocenters. The number of nitrogens with zero attached hydrogens (tertiary/aromatic N) is 1. The molecule has 1 aliphatic heterocycles. The van der Waals surface area contributed by atoms with Crippen molar-refractivity contribution < 1.29 is 9.84 Å². The number of rotatable bonds is 0. The predicted molar refractivity (Wildman–Crippen MR) is 45.1 cm³/mol. The van der Waals surface area contributed by atoms with Crippen molar-refractivity contribution in [2.24, 2.45) is 0 Å². The topological polar surface area (TPSA) is 32.7 Å². The van der Waals surface area contributed by atoms with Gasteiger partial charge in [-0.2, -0.15) is 0 Å². The highest BCUT2D eigenvalue weighted by molar-refractivity contribution is 5.40. The maximum absolute atomic E-state index is 9.20. The van der Waals surface area contributed by atoms with Crippen LogP contribution in [0.2, 0.25) is 0 Å². The fourth-order valence-electron chi connectivity index (χ4n) is 1.35. The molecule has 1 aromatic rings. The van der Waals surface area contributed by atoms with Crippen LogP contribution in [0.3, 0.4) is 0 Å². The third kappa shape index (κ3) is 1.23. The largest absolute Gasteiger partial charge is 0.508 e. The summed E-state index contributed by atoms with van der Waals surface area (Å²) in [6, 6.07) is 5.19. The maximum atomic E-state index is 9.20. The van der Waals surface area contributed by atoms with Gasteiger partial charge in [0.15, 0.2) is 0 Å².